The number of hydrogen-bond donors (Lipinski definition) is 1. The molecule has 30 heavy (non-hydrogen) atoms. The molecule has 0 unspecified atom stereocenters. The summed E-state index contributed by atoms with van der Waals surface area (Å²) >= 11 is 1.46. The quantitative estimate of drug-likeness (QED) is 0.377. The van der Waals surface area contributed by atoms with Gasteiger partial charge >= 0.3 is 0 Å². The number of carbonyl (C=O) groups excluding carboxylic acids is 1. The molecule has 0 saturated carbocycles. The third kappa shape index (κ3) is 3.77. The van der Waals surface area contributed by atoms with Gasteiger partial charge in [-0.3, -0.25) is 10.1 Å². The van der Waals surface area contributed by atoms with Crippen molar-refractivity contribution in [3.05, 3.63) is 70.2 Å². The number of para-hydroxylation sites is 1. The predicted molar refractivity (Wildman–Crippen MR) is 127 cm³/mol. The number of aryl methyl sites for hydroxylation is 4. The van der Waals surface area contributed by atoms with Crippen molar-refractivity contribution in [1.29, 1.82) is 0 Å². The lowest BCUT2D eigenvalue weighted by molar-refractivity contribution is 0.101. The molecule has 0 atom stereocenters. The average Bonchev–Trinajstić information content (AvgIpc) is 3.31. The molecule has 0 fully saturated rings. The Hall–Kier alpha value is -2.92. The van der Waals surface area contributed by atoms with Gasteiger partial charge in [0.25, 0.3) is 5.91 Å². The molecule has 0 aliphatic rings. The molecule has 2 aromatic heterocycles. The molecule has 4 rings (SSSR count). The normalized spacial score (nSPS) is 11.2. The highest BCUT2D eigenvalue weighted by Gasteiger charge is 2.21. The monoisotopic (exact) mass is 417 g/mol. The maximum atomic E-state index is 13.3. The van der Waals surface area contributed by atoms with Crippen molar-refractivity contribution >= 4 is 33.3 Å². The fraction of sp³-hybridized carbons (Fsp3) is 0.280. The molecule has 154 valence electrons. The topological polar surface area (TPSA) is 46.9 Å². The number of carbonyl (C=O) groups is 1. The Morgan fingerprint density at radius 3 is 2.67 bits per heavy atom. The molecule has 4 nitrogen and oxygen atoms in total. The number of unbranched alkanes of at least 4 members (excludes halogenated alkanes) is 1. The van der Waals surface area contributed by atoms with Crippen molar-refractivity contribution in [2.24, 2.45) is 0 Å². The zero-order valence-electron chi connectivity index (χ0n) is 18.0. The van der Waals surface area contributed by atoms with Crippen molar-refractivity contribution < 1.29 is 4.79 Å². The van der Waals surface area contributed by atoms with E-state index in [0.29, 0.717) is 5.13 Å². The lowest BCUT2D eigenvalue weighted by atomic mass is 10.1. The fourth-order valence-corrected chi connectivity index (χ4v) is 4.55. The van der Waals surface area contributed by atoms with E-state index in [1.165, 1.54) is 22.5 Å². The molecule has 0 aliphatic carbocycles. The second-order valence-corrected chi connectivity index (χ2v) is 8.65. The van der Waals surface area contributed by atoms with Gasteiger partial charge in [0.15, 0.2) is 5.13 Å². The Balaban J connectivity index is 1.64. The summed E-state index contributed by atoms with van der Waals surface area (Å²) < 4.78 is 2.15. The van der Waals surface area contributed by atoms with Crippen LogP contribution in [-0.2, 0) is 6.54 Å². The van der Waals surface area contributed by atoms with Gasteiger partial charge in [0, 0.05) is 28.4 Å². The van der Waals surface area contributed by atoms with E-state index in [1.807, 2.05) is 24.4 Å². The van der Waals surface area contributed by atoms with E-state index in [4.69, 9.17) is 0 Å². The Bertz CT molecular complexity index is 1220. The van der Waals surface area contributed by atoms with Crippen LogP contribution in [0.1, 0.15) is 46.9 Å². The van der Waals surface area contributed by atoms with Crippen LogP contribution in [0.25, 0.3) is 22.2 Å². The first-order valence-corrected chi connectivity index (χ1v) is 11.3. The number of nitrogens with one attached hydrogen (secondary N) is 1. The average molecular weight is 418 g/mol. The zero-order chi connectivity index (χ0) is 21.3. The predicted octanol–water partition coefficient (Wildman–Crippen LogP) is 6.74. The Morgan fingerprint density at radius 1 is 1.10 bits per heavy atom. The van der Waals surface area contributed by atoms with E-state index in [1.54, 1.807) is 0 Å². The van der Waals surface area contributed by atoms with Crippen LogP contribution >= 0.6 is 11.3 Å². The van der Waals surface area contributed by atoms with Gasteiger partial charge in [-0.25, -0.2) is 4.98 Å². The van der Waals surface area contributed by atoms with E-state index in [9.17, 15) is 4.79 Å². The van der Waals surface area contributed by atoms with Crippen LogP contribution in [0.2, 0.25) is 0 Å². The number of amides is 1. The van der Waals surface area contributed by atoms with Gasteiger partial charge in [-0.05, 0) is 56.0 Å². The first-order valence-electron chi connectivity index (χ1n) is 10.4. The summed E-state index contributed by atoms with van der Waals surface area (Å²) in [6.07, 6.45) is 2.12. The lowest BCUT2D eigenvalue weighted by Gasteiger charge is -2.10. The SMILES string of the molecule is CCCCn1c(C(=O)Nc2nc(-c3ccc(C)c(C)c3)cs2)c(C)c2ccccc21. The minimum Gasteiger partial charge on any atom is -0.336 e. The van der Waals surface area contributed by atoms with Crippen LogP contribution in [0.4, 0.5) is 5.13 Å². The molecule has 2 heterocycles. The van der Waals surface area contributed by atoms with Gasteiger partial charge in [-0.2, -0.15) is 0 Å². The molecule has 1 N–H and O–H groups in total. The Kier molecular flexibility index (Phi) is 5.73. The van der Waals surface area contributed by atoms with Crippen molar-refractivity contribution in [3.63, 3.8) is 0 Å². The first kappa shape index (κ1) is 20.4. The number of benzene rings is 2. The standard InChI is InChI=1S/C25H27N3OS/c1-5-6-13-28-22-10-8-7-9-20(22)18(4)23(28)24(29)27-25-26-21(15-30-25)19-12-11-16(2)17(3)14-19/h7-12,14-15H,5-6,13H2,1-4H3,(H,26,27,29). The molecule has 0 bridgehead atoms. The molecule has 0 saturated heterocycles. The number of anilines is 1. The lowest BCUT2D eigenvalue weighted by Crippen LogP contribution is -2.18. The van der Waals surface area contributed by atoms with Crippen LogP contribution in [-0.4, -0.2) is 15.5 Å². The number of hydrogen-bond acceptors (Lipinski definition) is 3. The van der Waals surface area contributed by atoms with Gasteiger partial charge in [0.1, 0.15) is 5.69 Å². The Morgan fingerprint density at radius 2 is 1.90 bits per heavy atom. The number of rotatable bonds is 6. The van der Waals surface area contributed by atoms with Gasteiger partial charge < -0.3 is 4.57 Å². The highest BCUT2D eigenvalue weighted by Crippen LogP contribution is 2.29. The summed E-state index contributed by atoms with van der Waals surface area (Å²) in [6, 6.07) is 14.6. The third-order valence-corrected chi connectivity index (χ3v) is 6.46. The summed E-state index contributed by atoms with van der Waals surface area (Å²) in [7, 11) is 0. The second-order valence-electron chi connectivity index (χ2n) is 7.79. The van der Waals surface area contributed by atoms with E-state index < -0.39 is 0 Å². The smallest absolute Gasteiger partial charge is 0.274 e. The highest BCUT2D eigenvalue weighted by atomic mass is 32.1. The van der Waals surface area contributed by atoms with E-state index in [-0.39, 0.29) is 5.91 Å². The minimum absolute atomic E-state index is 0.0965. The fourth-order valence-electron chi connectivity index (χ4n) is 3.84. The van der Waals surface area contributed by atoms with Gasteiger partial charge in [0.05, 0.1) is 5.69 Å². The van der Waals surface area contributed by atoms with E-state index in [2.05, 4.69) is 66.0 Å². The molecule has 2 aromatic carbocycles. The van der Waals surface area contributed by atoms with Crippen molar-refractivity contribution in [2.75, 3.05) is 5.32 Å². The summed E-state index contributed by atoms with van der Waals surface area (Å²) in [5.41, 5.74) is 7.33. The van der Waals surface area contributed by atoms with Crippen LogP contribution in [0.3, 0.4) is 0 Å². The molecule has 5 heteroatoms. The highest BCUT2D eigenvalue weighted by molar-refractivity contribution is 7.14. The maximum Gasteiger partial charge on any atom is 0.274 e. The summed E-state index contributed by atoms with van der Waals surface area (Å²) in [5.74, 6) is -0.0965. The van der Waals surface area contributed by atoms with Gasteiger partial charge in [-0.15, -0.1) is 11.3 Å². The van der Waals surface area contributed by atoms with Crippen LogP contribution < -0.4 is 5.32 Å². The Labute approximate surface area is 181 Å². The van der Waals surface area contributed by atoms with Crippen LogP contribution in [0.5, 0.6) is 0 Å². The first-order chi connectivity index (χ1) is 14.5. The minimum atomic E-state index is -0.0965. The molecular formula is C25H27N3OS. The van der Waals surface area contributed by atoms with E-state index >= 15 is 0 Å². The molecular weight excluding hydrogens is 390 g/mol. The number of thiazole rings is 1. The van der Waals surface area contributed by atoms with Gasteiger partial charge in [0.2, 0.25) is 0 Å². The molecule has 0 radical (unpaired) electrons. The zero-order valence-corrected chi connectivity index (χ0v) is 18.8. The van der Waals surface area contributed by atoms with Crippen LogP contribution in [0.15, 0.2) is 47.8 Å². The molecule has 0 aliphatic heterocycles. The van der Waals surface area contributed by atoms with Crippen LogP contribution in [0, 0.1) is 20.8 Å². The van der Waals surface area contributed by atoms with Crippen molar-refractivity contribution in [1.82, 2.24) is 9.55 Å². The molecule has 0 spiro atoms. The van der Waals surface area contributed by atoms with Crippen molar-refractivity contribution in [2.45, 2.75) is 47.1 Å². The summed E-state index contributed by atoms with van der Waals surface area (Å²) in [6.45, 7) is 9.24. The number of aromatic nitrogens is 2. The summed E-state index contributed by atoms with van der Waals surface area (Å²) in [4.78, 5) is 17.9. The largest absolute Gasteiger partial charge is 0.336 e. The maximum absolute atomic E-state index is 13.3. The number of fused-ring (bicyclic) bond motifs is 1. The van der Waals surface area contributed by atoms with Crippen molar-refractivity contribution in [3.8, 4) is 11.3 Å². The third-order valence-electron chi connectivity index (χ3n) is 5.70. The summed E-state index contributed by atoms with van der Waals surface area (Å²) in [5, 5.41) is 6.80. The molecule has 1 amide bonds. The van der Waals surface area contributed by atoms with Gasteiger partial charge in [-0.1, -0.05) is 43.7 Å². The number of nitrogens with zero attached hydrogens (tertiary/aromatic N) is 2. The van der Waals surface area contributed by atoms with E-state index in [0.717, 1.165) is 52.8 Å². The second kappa shape index (κ2) is 8.44. The molecule has 4 aromatic rings.